The van der Waals surface area contributed by atoms with Crippen molar-refractivity contribution < 1.29 is 4.79 Å². The molecule has 2 aromatic heterocycles. The smallest absolute Gasteiger partial charge is 0.277 e. The number of fused-ring (bicyclic) bond motifs is 2. The van der Waals surface area contributed by atoms with E-state index in [0.717, 1.165) is 24.0 Å². The third-order valence-electron chi connectivity index (χ3n) is 5.36. The molecular weight excluding hydrogens is 362 g/mol. The van der Waals surface area contributed by atoms with Gasteiger partial charge in [-0.15, -0.1) is 0 Å². The van der Waals surface area contributed by atoms with Crippen LogP contribution in [0, 0.1) is 0 Å². The van der Waals surface area contributed by atoms with E-state index in [-0.39, 0.29) is 5.91 Å². The van der Waals surface area contributed by atoms with Crippen molar-refractivity contribution in [2.75, 3.05) is 23.3 Å². The third-order valence-corrected chi connectivity index (χ3v) is 5.36. The fourth-order valence-electron chi connectivity index (χ4n) is 3.90. The van der Waals surface area contributed by atoms with Gasteiger partial charge in [0.2, 0.25) is 5.95 Å². The fraction of sp³-hybridized carbons (Fsp3) is 0.174. The first-order valence-corrected chi connectivity index (χ1v) is 9.81. The van der Waals surface area contributed by atoms with E-state index in [1.54, 1.807) is 17.2 Å². The molecule has 2 aromatic carbocycles. The largest absolute Gasteiger partial charge is 0.361 e. The van der Waals surface area contributed by atoms with Gasteiger partial charge in [-0.1, -0.05) is 36.4 Å². The van der Waals surface area contributed by atoms with Gasteiger partial charge in [0.05, 0.1) is 0 Å². The number of nitrogens with one attached hydrogen (secondary N) is 2. The summed E-state index contributed by atoms with van der Waals surface area (Å²) in [6.07, 6.45) is 5.39. The van der Waals surface area contributed by atoms with Gasteiger partial charge >= 0.3 is 0 Å². The molecule has 6 nitrogen and oxygen atoms in total. The maximum atomic E-state index is 13.0. The summed E-state index contributed by atoms with van der Waals surface area (Å²) in [5.41, 5.74) is 4.97. The summed E-state index contributed by atoms with van der Waals surface area (Å²) >= 11 is 0. The molecule has 0 fully saturated rings. The van der Waals surface area contributed by atoms with Crippen LogP contribution < -0.4 is 10.2 Å². The first-order valence-electron chi connectivity index (χ1n) is 9.81. The van der Waals surface area contributed by atoms with Crippen molar-refractivity contribution in [1.29, 1.82) is 0 Å². The Morgan fingerprint density at radius 1 is 1.10 bits per heavy atom. The maximum Gasteiger partial charge on any atom is 0.277 e. The quantitative estimate of drug-likeness (QED) is 0.550. The maximum absolute atomic E-state index is 13.0. The van der Waals surface area contributed by atoms with E-state index in [2.05, 4.69) is 38.5 Å². The van der Waals surface area contributed by atoms with Gasteiger partial charge in [-0.25, -0.2) is 9.97 Å². The number of H-pyrrole nitrogens is 1. The van der Waals surface area contributed by atoms with Crippen LogP contribution in [0.1, 0.15) is 21.6 Å². The van der Waals surface area contributed by atoms with Crippen molar-refractivity contribution in [1.82, 2.24) is 15.0 Å². The summed E-state index contributed by atoms with van der Waals surface area (Å²) in [6.45, 7) is 1.37. The summed E-state index contributed by atoms with van der Waals surface area (Å²) < 4.78 is 0. The van der Waals surface area contributed by atoms with Gasteiger partial charge in [0.25, 0.3) is 5.91 Å². The molecule has 1 aliphatic rings. The predicted octanol–water partition coefficient (Wildman–Crippen LogP) is 3.82. The minimum Gasteiger partial charge on any atom is -0.361 e. The molecule has 1 amide bonds. The van der Waals surface area contributed by atoms with Crippen molar-refractivity contribution in [3.05, 3.63) is 83.8 Å². The SMILES string of the molecule is O=C(c1ccnc(NCCc2c[nH]c3ccccc23)n1)N1CCc2ccccc21. The molecule has 4 aromatic rings. The van der Waals surface area contributed by atoms with Crippen LogP contribution in [0.4, 0.5) is 11.6 Å². The number of hydrogen-bond acceptors (Lipinski definition) is 4. The van der Waals surface area contributed by atoms with Crippen LogP contribution in [0.5, 0.6) is 0 Å². The highest BCUT2D eigenvalue weighted by atomic mass is 16.2. The third kappa shape index (κ3) is 3.33. The Bertz CT molecular complexity index is 1180. The zero-order valence-electron chi connectivity index (χ0n) is 15.9. The summed E-state index contributed by atoms with van der Waals surface area (Å²) in [7, 11) is 0. The normalized spacial score (nSPS) is 12.9. The van der Waals surface area contributed by atoms with E-state index < -0.39 is 0 Å². The van der Waals surface area contributed by atoms with E-state index in [9.17, 15) is 4.79 Å². The molecule has 0 saturated carbocycles. The number of hydrogen-bond donors (Lipinski definition) is 2. The number of amides is 1. The standard InChI is InChI=1S/C23H21N5O/c29-22(28-14-11-16-5-1-4-8-21(16)28)20-10-13-25-23(27-20)24-12-9-17-15-26-19-7-3-2-6-18(17)19/h1-8,10,13,15,26H,9,11-12,14H2,(H,24,25,27). The molecule has 0 aliphatic carbocycles. The number of aromatic nitrogens is 3. The Hall–Kier alpha value is -3.67. The Morgan fingerprint density at radius 3 is 2.93 bits per heavy atom. The molecule has 0 spiro atoms. The Morgan fingerprint density at radius 2 is 1.97 bits per heavy atom. The van der Waals surface area contributed by atoms with Crippen LogP contribution in [0.25, 0.3) is 10.9 Å². The van der Waals surface area contributed by atoms with Gasteiger partial charge in [0.15, 0.2) is 0 Å². The summed E-state index contributed by atoms with van der Waals surface area (Å²) in [5.74, 6) is 0.389. The van der Waals surface area contributed by atoms with Gasteiger partial charge in [0.1, 0.15) is 5.69 Å². The topological polar surface area (TPSA) is 73.9 Å². The van der Waals surface area contributed by atoms with Crippen molar-refractivity contribution in [3.63, 3.8) is 0 Å². The fourth-order valence-corrected chi connectivity index (χ4v) is 3.90. The minimum absolute atomic E-state index is 0.0861. The van der Waals surface area contributed by atoms with Crippen LogP contribution in [0.2, 0.25) is 0 Å². The number of anilines is 2. The van der Waals surface area contributed by atoms with Crippen LogP contribution >= 0.6 is 0 Å². The molecule has 3 heterocycles. The number of benzene rings is 2. The summed E-state index contributed by atoms with van der Waals surface area (Å²) in [6, 6.07) is 18.0. The second-order valence-corrected chi connectivity index (χ2v) is 7.14. The van der Waals surface area contributed by atoms with Gasteiger partial charge in [-0.2, -0.15) is 0 Å². The second-order valence-electron chi connectivity index (χ2n) is 7.14. The molecule has 29 heavy (non-hydrogen) atoms. The molecule has 2 N–H and O–H groups in total. The van der Waals surface area contributed by atoms with Crippen LogP contribution in [0.15, 0.2) is 67.0 Å². The Kier molecular flexibility index (Phi) is 4.44. The number of carbonyl (C=O) groups is 1. The van der Waals surface area contributed by atoms with Crippen LogP contribution in [0.3, 0.4) is 0 Å². The highest BCUT2D eigenvalue weighted by molar-refractivity contribution is 6.06. The molecule has 0 bridgehead atoms. The first kappa shape index (κ1) is 17.4. The average Bonchev–Trinajstić information content (AvgIpc) is 3.38. The zero-order valence-corrected chi connectivity index (χ0v) is 15.9. The summed E-state index contributed by atoms with van der Waals surface area (Å²) in [4.78, 5) is 26.8. The second kappa shape index (κ2) is 7.39. The summed E-state index contributed by atoms with van der Waals surface area (Å²) in [5, 5.41) is 4.47. The molecular formula is C23H21N5O. The van der Waals surface area contributed by atoms with Crippen molar-refractivity contribution in [2.45, 2.75) is 12.8 Å². The molecule has 0 unspecified atom stereocenters. The van der Waals surface area contributed by atoms with E-state index in [4.69, 9.17) is 0 Å². The number of nitrogens with zero attached hydrogens (tertiary/aromatic N) is 3. The van der Waals surface area contributed by atoms with E-state index in [0.29, 0.717) is 24.7 Å². The molecule has 5 rings (SSSR count). The van der Waals surface area contributed by atoms with Crippen LogP contribution in [-0.2, 0) is 12.8 Å². The van der Waals surface area contributed by atoms with E-state index in [1.165, 1.54) is 16.5 Å². The Balaban J connectivity index is 1.27. The highest BCUT2D eigenvalue weighted by Gasteiger charge is 2.26. The molecule has 1 aliphatic heterocycles. The molecule has 0 radical (unpaired) electrons. The molecule has 0 saturated heterocycles. The van der Waals surface area contributed by atoms with Crippen molar-refractivity contribution >= 4 is 28.4 Å². The zero-order chi connectivity index (χ0) is 19.6. The minimum atomic E-state index is -0.0861. The number of aromatic amines is 1. The lowest BCUT2D eigenvalue weighted by Gasteiger charge is -2.17. The van der Waals surface area contributed by atoms with Crippen molar-refractivity contribution in [2.24, 2.45) is 0 Å². The lowest BCUT2D eigenvalue weighted by atomic mass is 10.1. The van der Waals surface area contributed by atoms with Crippen molar-refractivity contribution in [3.8, 4) is 0 Å². The lowest BCUT2D eigenvalue weighted by molar-refractivity contribution is 0.0984. The average molecular weight is 383 g/mol. The predicted molar refractivity (Wildman–Crippen MR) is 114 cm³/mol. The lowest BCUT2D eigenvalue weighted by Crippen LogP contribution is -2.29. The van der Waals surface area contributed by atoms with E-state index in [1.807, 2.05) is 36.5 Å². The number of rotatable bonds is 5. The van der Waals surface area contributed by atoms with Crippen LogP contribution in [-0.4, -0.2) is 33.9 Å². The van der Waals surface area contributed by atoms with Gasteiger partial charge in [-0.05, 0) is 42.2 Å². The van der Waals surface area contributed by atoms with Gasteiger partial charge < -0.3 is 15.2 Å². The van der Waals surface area contributed by atoms with Gasteiger partial charge in [-0.3, -0.25) is 4.79 Å². The Labute approximate surface area is 168 Å². The highest BCUT2D eigenvalue weighted by Crippen LogP contribution is 2.28. The number of carbonyl (C=O) groups excluding carboxylic acids is 1. The molecule has 6 heteroatoms. The monoisotopic (exact) mass is 383 g/mol. The number of para-hydroxylation sites is 2. The molecule has 144 valence electrons. The van der Waals surface area contributed by atoms with Gasteiger partial charge in [0, 0.05) is 42.1 Å². The first-order chi connectivity index (χ1) is 14.3. The van der Waals surface area contributed by atoms with E-state index >= 15 is 0 Å². The molecule has 0 atom stereocenters.